The predicted octanol–water partition coefficient (Wildman–Crippen LogP) is 3.54. The Kier molecular flexibility index (Phi) is 9.41. The number of amides is 1. The highest BCUT2D eigenvalue weighted by Crippen LogP contribution is 2.17. The summed E-state index contributed by atoms with van der Waals surface area (Å²) in [7, 11) is 0. The Morgan fingerprint density at radius 2 is 1.76 bits per heavy atom. The molecule has 0 aliphatic heterocycles. The Morgan fingerprint density at radius 3 is 2.12 bits per heavy atom. The van der Waals surface area contributed by atoms with Gasteiger partial charge in [-0.25, -0.2) is 8.78 Å². The summed E-state index contributed by atoms with van der Waals surface area (Å²) in [5.41, 5.74) is 0. The molecular formula is C12H22ClF2NO. The molecule has 0 radical (unpaired) electrons. The van der Waals surface area contributed by atoms with Crippen LogP contribution >= 0.6 is 11.6 Å². The first-order valence-electron chi connectivity index (χ1n) is 6.19. The zero-order valence-corrected chi connectivity index (χ0v) is 11.3. The average Bonchev–Trinajstić information content (AvgIpc) is 2.27. The Balaban J connectivity index is 4.51. The van der Waals surface area contributed by atoms with Crippen LogP contribution in [-0.4, -0.2) is 36.2 Å². The number of halogens is 3. The topological polar surface area (TPSA) is 20.3 Å². The van der Waals surface area contributed by atoms with Gasteiger partial charge in [0.15, 0.2) is 0 Å². The number of carbonyl (C=O) groups excluding carboxylic acids is 1. The minimum atomic E-state index is -2.49. The van der Waals surface area contributed by atoms with Crippen LogP contribution in [0.4, 0.5) is 8.78 Å². The van der Waals surface area contributed by atoms with Crippen LogP contribution in [0.5, 0.6) is 0 Å². The fourth-order valence-corrected chi connectivity index (χ4v) is 2.11. The van der Waals surface area contributed by atoms with E-state index in [4.69, 9.17) is 11.6 Å². The highest BCUT2D eigenvalue weighted by atomic mass is 35.5. The van der Waals surface area contributed by atoms with Gasteiger partial charge >= 0.3 is 0 Å². The van der Waals surface area contributed by atoms with Gasteiger partial charge in [0.25, 0.3) is 6.43 Å². The van der Waals surface area contributed by atoms with Gasteiger partial charge in [-0.1, -0.05) is 26.7 Å². The third-order valence-electron chi connectivity index (χ3n) is 2.65. The molecule has 0 aliphatic rings. The molecule has 0 N–H and O–H groups in total. The van der Waals surface area contributed by atoms with E-state index in [1.165, 1.54) is 4.90 Å². The van der Waals surface area contributed by atoms with Gasteiger partial charge in [-0.05, 0) is 12.8 Å². The molecule has 0 spiro atoms. The Hall–Kier alpha value is -0.380. The fourth-order valence-electron chi connectivity index (χ4n) is 1.91. The summed E-state index contributed by atoms with van der Waals surface area (Å²) in [5.74, 6) is -0.106. The highest BCUT2D eigenvalue weighted by molar-refractivity contribution is 6.18. The minimum absolute atomic E-state index is 0.132. The number of carbonyl (C=O) groups is 1. The second-order valence-corrected chi connectivity index (χ2v) is 4.52. The van der Waals surface area contributed by atoms with Crippen LogP contribution in [0.25, 0.3) is 0 Å². The Morgan fingerprint density at radius 1 is 1.24 bits per heavy atom. The smallest absolute Gasteiger partial charge is 0.255 e. The van der Waals surface area contributed by atoms with Gasteiger partial charge in [-0.2, -0.15) is 0 Å². The molecule has 0 heterocycles. The van der Waals surface area contributed by atoms with Gasteiger partial charge in [0.1, 0.15) is 0 Å². The van der Waals surface area contributed by atoms with Crippen molar-refractivity contribution in [3.63, 3.8) is 0 Å². The quantitative estimate of drug-likeness (QED) is 0.587. The van der Waals surface area contributed by atoms with Crippen LogP contribution in [0.1, 0.15) is 39.5 Å². The number of alkyl halides is 3. The lowest BCUT2D eigenvalue weighted by Crippen LogP contribution is -2.40. The standard InChI is InChI=1S/C12H22ClF2NO/c1-3-5-10(6-4-2)12(17)16(8-7-13)9-11(14)15/h10-11H,3-9H2,1-2H3. The monoisotopic (exact) mass is 269 g/mol. The molecule has 2 nitrogen and oxygen atoms in total. The Labute approximate surface area is 107 Å². The summed E-state index contributed by atoms with van der Waals surface area (Å²) < 4.78 is 24.7. The summed E-state index contributed by atoms with van der Waals surface area (Å²) in [6.45, 7) is 3.69. The highest BCUT2D eigenvalue weighted by Gasteiger charge is 2.24. The molecule has 0 bridgehead atoms. The average molecular weight is 270 g/mol. The van der Waals surface area contributed by atoms with E-state index < -0.39 is 13.0 Å². The SMILES string of the molecule is CCCC(CCC)C(=O)N(CCCl)CC(F)F. The first kappa shape index (κ1) is 16.6. The van der Waals surface area contributed by atoms with Gasteiger partial charge in [0.2, 0.25) is 5.91 Å². The van der Waals surface area contributed by atoms with Crippen molar-refractivity contribution in [1.82, 2.24) is 4.90 Å². The second-order valence-electron chi connectivity index (χ2n) is 4.14. The van der Waals surface area contributed by atoms with Crippen LogP contribution in [0.15, 0.2) is 0 Å². The molecule has 0 aromatic rings. The van der Waals surface area contributed by atoms with E-state index in [2.05, 4.69) is 0 Å². The molecule has 0 aliphatic carbocycles. The molecule has 5 heteroatoms. The van der Waals surface area contributed by atoms with Crippen LogP contribution in [0, 0.1) is 5.92 Å². The molecule has 1 amide bonds. The molecule has 0 aromatic carbocycles. The third-order valence-corrected chi connectivity index (χ3v) is 2.82. The van der Waals surface area contributed by atoms with E-state index in [0.29, 0.717) is 0 Å². The number of hydrogen-bond donors (Lipinski definition) is 0. The van der Waals surface area contributed by atoms with E-state index in [1.807, 2.05) is 13.8 Å². The van der Waals surface area contributed by atoms with Gasteiger partial charge in [0.05, 0.1) is 6.54 Å². The van der Waals surface area contributed by atoms with Crippen molar-refractivity contribution in [2.45, 2.75) is 46.0 Å². The van der Waals surface area contributed by atoms with Crippen LogP contribution < -0.4 is 0 Å². The zero-order chi connectivity index (χ0) is 13.3. The molecule has 0 fully saturated rings. The number of nitrogens with zero attached hydrogens (tertiary/aromatic N) is 1. The van der Waals surface area contributed by atoms with E-state index >= 15 is 0 Å². The summed E-state index contributed by atoms with van der Waals surface area (Å²) in [4.78, 5) is 13.3. The first-order valence-corrected chi connectivity index (χ1v) is 6.73. The zero-order valence-electron chi connectivity index (χ0n) is 10.6. The molecule has 17 heavy (non-hydrogen) atoms. The second kappa shape index (κ2) is 9.63. The maximum atomic E-state index is 12.4. The number of hydrogen-bond acceptors (Lipinski definition) is 1. The normalized spacial score (nSPS) is 11.2. The van der Waals surface area contributed by atoms with Crippen LogP contribution in [0.2, 0.25) is 0 Å². The largest absolute Gasteiger partial charge is 0.336 e. The molecule has 0 saturated carbocycles. The van der Waals surface area contributed by atoms with E-state index in [1.54, 1.807) is 0 Å². The summed E-state index contributed by atoms with van der Waals surface area (Å²) in [6.07, 6.45) is 0.800. The predicted molar refractivity (Wildman–Crippen MR) is 66.6 cm³/mol. The summed E-state index contributed by atoms with van der Waals surface area (Å²) in [6, 6.07) is 0. The Bertz CT molecular complexity index is 209. The van der Waals surface area contributed by atoms with Crippen molar-refractivity contribution >= 4 is 17.5 Å². The molecule has 0 rings (SSSR count). The summed E-state index contributed by atoms with van der Waals surface area (Å²) >= 11 is 5.54. The first-order chi connectivity index (χ1) is 8.06. The lowest BCUT2D eigenvalue weighted by molar-refractivity contribution is -0.137. The molecule has 102 valence electrons. The molecule has 0 atom stereocenters. The summed E-state index contributed by atoms with van der Waals surface area (Å²) in [5, 5.41) is 0. The van der Waals surface area contributed by atoms with Crippen molar-refractivity contribution in [1.29, 1.82) is 0 Å². The van der Waals surface area contributed by atoms with E-state index in [0.717, 1.165) is 25.7 Å². The molecule has 0 unspecified atom stereocenters. The molecule has 0 aromatic heterocycles. The van der Waals surface area contributed by atoms with Crippen molar-refractivity contribution < 1.29 is 13.6 Å². The van der Waals surface area contributed by atoms with Gasteiger partial charge < -0.3 is 4.90 Å². The third kappa shape index (κ3) is 6.81. The lowest BCUT2D eigenvalue weighted by atomic mass is 9.96. The molecular weight excluding hydrogens is 248 g/mol. The van der Waals surface area contributed by atoms with Crippen molar-refractivity contribution in [3.8, 4) is 0 Å². The van der Waals surface area contributed by atoms with Crippen molar-refractivity contribution in [3.05, 3.63) is 0 Å². The van der Waals surface area contributed by atoms with Gasteiger partial charge in [-0.3, -0.25) is 4.79 Å². The lowest BCUT2D eigenvalue weighted by Gasteiger charge is -2.26. The van der Waals surface area contributed by atoms with Crippen LogP contribution in [-0.2, 0) is 4.79 Å². The van der Waals surface area contributed by atoms with E-state index in [-0.39, 0.29) is 24.2 Å². The maximum Gasteiger partial charge on any atom is 0.255 e. The van der Waals surface area contributed by atoms with E-state index in [9.17, 15) is 13.6 Å². The number of rotatable bonds is 9. The molecule has 0 saturated heterocycles. The van der Waals surface area contributed by atoms with Gasteiger partial charge in [0, 0.05) is 18.3 Å². The van der Waals surface area contributed by atoms with Crippen molar-refractivity contribution in [2.75, 3.05) is 19.0 Å². The van der Waals surface area contributed by atoms with Crippen LogP contribution in [0.3, 0.4) is 0 Å². The maximum absolute atomic E-state index is 12.4. The van der Waals surface area contributed by atoms with Gasteiger partial charge in [-0.15, -0.1) is 11.6 Å². The van der Waals surface area contributed by atoms with Crippen molar-refractivity contribution in [2.24, 2.45) is 5.92 Å². The fraction of sp³-hybridized carbons (Fsp3) is 0.917. The minimum Gasteiger partial charge on any atom is -0.336 e.